The highest BCUT2D eigenvalue weighted by Crippen LogP contribution is 2.30. The number of nitrogens with one attached hydrogen (secondary N) is 4. The summed E-state index contributed by atoms with van der Waals surface area (Å²) in [5, 5.41) is 5.07. The Hall–Kier alpha value is -3.46. The fraction of sp³-hybridized carbons (Fsp3) is 0.333. The smallest absolute Gasteiger partial charge is 0.240 e. The quantitative estimate of drug-likeness (QED) is 0.223. The molecule has 0 fully saturated rings. The summed E-state index contributed by atoms with van der Waals surface area (Å²) in [6, 6.07) is 7.01. The number of benzene rings is 2. The minimum absolute atomic E-state index is 0.00273. The summed E-state index contributed by atoms with van der Waals surface area (Å²) in [4.78, 5) is 48.4. The van der Waals surface area contributed by atoms with Gasteiger partial charge in [0.2, 0.25) is 31.9 Å². The average Bonchev–Trinajstić information content (AvgIpc) is 2.91. The minimum Gasteiger partial charge on any atom is -0.355 e. The summed E-state index contributed by atoms with van der Waals surface area (Å²) in [7, 11) is -8.14. The molecule has 0 aliphatic heterocycles. The first kappa shape index (κ1) is 29.1. The lowest BCUT2D eigenvalue weighted by Gasteiger charge is -2.19. The maximum absolute atomic E-state index is 13.3. The second-order valence-corrected chi connectivity index (χ2v) is 11.8. The van der Waals surface area contributed by atoms with Crippen molar-refractivity contribution < 1.29 is 36.0 Å². The van der Waals surface area contributed by atoms with Gasteiger partial charge in [-0.2, -0.15) is 0 Å². The molecule has 0 saturated carbocycles. The Kier molecular flexibility index (Phi) is 9.14. The van der Waals surface area contributed by atoms with Gasteiger partial charge < -0.3 is 10.6 Å². The Balaban J connectivity index is 1.82. The highest BCUT2D eigenvalue weighted by molar-refractivity contribution is 7.89. The second kappa shape index (κ2) is 11.9. The van der Waals surface area contributed by atoms with Crippen LogP contribution in [0.2, 0.25) is 0 Å². The van der Waals surface area contributed by atoms with Crippen LogP contribution in [0, 0.1) is 0 Å². The van der Waals surface area contributed by atoms with Crippen molar-refractivity contribution in [1.29, 1.82) is 0 Å². The van der Waals surface area contributed by atoms with E-state index in [2.05, 4.69) is 20.1 Å². The number of amides is 2. The molecule has 0 atom stereocenters. The molecule has 204 valence electrons. The van der Waals surface area contributed by atoms with Crippen LogP contribution in [0.15, 0.2) is 46.2 Å². The molecule has 1 aliphatic rings. The van der Waals surface area contributed by atoms with Crippen LogP contribution in [0.25, 0.3) is 0 Å². The molecule has 38 heavy (non-hydrogen) atoms. The van der Waals surface area contributed by atoms with Gasteiger partial charge in [-0.15, -0.1) is 0 Å². The SMILES string of the molecule is CCC(=O)NCCNS(=O)(=O)c1ccc2c(c1)C(=O)c1cc(S(=O)(=O)NCCNC(=O)CC)ccc1C2=O. The molecule has 0 unspecified atom stereocenters. The summed E-state index contributed by atoms with van der Waals surface area (Å²) in [5.41, 5.74) is -0.349. The average molecular weight is 565 g/mol. The molecule has 0 bridgehead atoms. The van der Waals surface area contributed by atoms with Gasteiger partial charge in [-0.1, -0.05) is 13.8 Å². The Morgan fingerprint density at radius 3 is 1.34 bits per heavy atom. The van der Waals surface area contributed by atoms with Crippen LogP contribution in [-0.2, 0) is 29.6 Å². The summed E-state index contributed by atoms with van der Waals surface area (Å²) >= 11 is 0. The van der Waals surface area contributed by atoms with E-state index >= 15 is 0 Å². The van der Waals surface area contributed by atoms with Crippen LogP contribution in [-0.4, -0.2) is 66.4 Å². The van der Waals surface area contributed by atoms with Crippen molar-refractivity contribution in [2.45, 2.75) is 36.5 Å². The fourth-order valence-corrected chi connectivity index (χ4v) is 5.75. The summed E-state index contributed by atoms with van der Waals surface area (Å²) in [5.74, 6) is -1.72. The highest BCUT2D eigenvalue weighted by atomic mass is 32.2. The Labute approximate surface area is 220 Å². The van der Waals surface area contributed by atoms with Crippen molar-refractivity contribution in [3.8, 4) is 0 Å². The first-order valence-corrected chi connectivity index (χ1v) is 14.8. The van der Waals surface area contributed by atoms with Gasteiger partial charge in [0.25, 0.3) is 0 Å². The zero-order valence-corrected chi connectivity index (χ0v) is 22.4. The van der Waals surface area contributed by atoms with E-state index in [0.29, 0.717) is 0 Å². The molecule has 1 aliphatic carbocycles. The molecule has 0 aromatic heterocycles. The Bertz CT molecular complexity index is 1390. The largest absolute Gasteiger partial charge is 0.355 e. The Morgan fingerprint density at radius 2 is 0.974 bits per heavy atom. The van der Waals surface area contributed by atoms with Gasteiger partial charge in [0.1, 0.15) is 0 Å². The minimum atomic E-state index is -4.07. The maximum Gasteiger partial charge on any atom is 0.240 e. The number of fused-ring (bicyclic) bond motifs is 2. The van der Waals surface area contributed by atoms with E-state index < -0.39 is 31.6 Å². The number of hydrogen-bond donors (Lipinski definition) is 4. The predicted molar refractivity (Wildman–Crippen MR) is 137 cm³/mol. The van der Waals surface area contributed by atoms with Gasteiger partial charge in [-0.3, -0.25) is 19.2 Å². The van der Waals surface area contributed by atoms with Crippen molar-refractivity contribution in [2.75, 3.05) is 26.2 Å². The topological polar surface area (TPSA) is 185 Å². The van der Waals surface area contributed by atoms with E-state index in [1.807, 2.05) is 0 Å². The lowest BCUT2D eigenvalue weighted by atomic mass is 9.84. The number of carbonyl (C=O) groups excluding carboxylic acids is 4. The number of sulfonamides is 2. The van der Waals surface area contributed by atoms with Crippen LogP contribution in [0.1, 0.15) is 58.5 Å². The van der Waals surface area contributed by atoms with Crippen LogP contribution < -0.4 is 20.1 Å². The van der Waals surface area contributed by atoms with E-state index in [-0.39, 0.29) is 82.9 Å². The van der Waals surface area contributed by atoms with E-state index in [9.17, 15) is 36.0 Å². The highest BCUT2D eigenvalue weighted by Gasteiger charge is 2.32. The van der Waals surface area contributed by atoms with Crippen molar-refractivity contribution in [1.82, 2.24) is 20.1 Å². The molecule has 2 aromatic carbocycles. The molecule has 0 radical (unpaired) electrons. The predicted octanol–water partition coefficient (Wildman–Crippen LogP) is 0.0710. The molecule has 3 rings (SSSR count). The lowest BCUT2D eigenvalue weighted by Crippen LogP contribution is -2.34. The molecule has 2 amide bonds. The van der Waals surface area contributed by atoms with E-state index in [0.717, 1.165) is 12.1 Å². The summed E-state index contributed by atoms with van der Waals surface area (Å²) in [6.07, 6.45) is 0.511. The van der Waals surface area contributed by atoms with Crippen LogP contribution >= 0.6 is 0 Å². The molecular formula is C24H28N4O8S2. The molecule has 4 N–H and O–H groups in total. The molecule has 0 spiro atoms. The number of ketones is 2. The van der Waals surface area contributed by atoms with E-state index in [1.165, 1.54) is 24.3 Å². The number of rotatable bonds is 12. The van der Waals surface area contributed by atoms with Gasteiger partial charge in [-0.05, 0) is 36.4 Å². The normalized spacial score (nSPS) is 13.0. The first-order valence-electron chi connectivity index (χ1n) is 11.8. The molecule has 0 heterocycles. The van der Waals surface area contributed by atoms with Crippen molar-refractivity contribution in [3.05, 3.63) is 58.7 Å². The fourth-order valence-electron chi connectivity index (χ4n) is 3.63. The zero-order chi connectivity index (χ0) is 28.1. The molecule has 0 saturated heterocycles. The van der Waals surface area contributed by atoms with Gasteiger partial charge in [-0.25, -0.2) is 26.3 Å². The van der Waals surface area contributed by atoms with Gasteiger partial charge >= 0.3 is 0 Å². The van der Waals surface area contributed by atoms with E-state index in [1.54, 1.807) is 13.8 Å². The zero-order valence-electron chi connectivity index (χ0n) is 20.8. The van der Waals surface area contributed by atoms with Gasteiger partial charge in [0, 0.05) is 61.3 Å². The first-order chi connectivity index (χ1) is 17.9. The second-order valence-electron chi connectivity index (χ2n) is 8.28. The lowest BCUT2D eigenvalue weighted by molar-refractivity contribution is -0.121. The number of hydrogen-bond acceptors (Lipinski definition) is 8. The van der Waals surface area contributed by atoms with Crippen molar-refractivity contribution in [3.63, 3.8) is 0 Å². The third kappa shape index (κ3) is 6.51. The van der Waals surface area contributed by atoms with Crippen LogP contribution in [0.5, 0.6) is 0 Å². The van der Waals surface area contributed by atoms with E-state index in [4.69, 9.17) is 0 Å². The standard InChI is InChI=1S/C24H28N4O8S2/c1-3-21(29)25-9-11-27-37(33,34)15-5-7-17-19(13-15)24(32)20-14-16(6-8-18(20)23(17)31)38(35,36)28-12-10-26-22(30)4-2/h5-8,13-14,27-28H,3-4,9-12H2,1-2H3,(H,25,29)(H,26,30). The van der Waals surface area contributed by atoms with Crippen molar-refractivity contribution in [2.24, 2.45) is 0 Å². The molecular weight excluding hydrogens is 536 g/mol. The molecule has 2 aromatic rings. The van der Waals surface area contributed by atoms with Gasteiger partial charge in [0.15, 0.2) is 11.6 Å². The van der Waals surface area contributed by atoms with Crippen molar-refractivity contribution >= 4 is 43.4 Å². The maximum atomic E-state index is 13.3. The number of carbonyl (C=O) groups is 4. The van der Waals surface area contributed by atoms with Crippen LogP contribution in [0.4, 0.5) is 0 Å². The molecule has 14 heteroatoms. The molecule has 12 nitrogen and oxygen atoms in total. The third-order valence-corrected chi connectivity index (χ3v) is 8.62. The summed E-state index contributed by atoms with van der Waals surface area (Å²) in [6.45, 7) is 3.28. The summed E-state index contributed by atoms with van der Waals surface area (Å²) < 4.78 is 55.5. The Morgan fingerprint density at radius 1 is 0.605 bits per heavy atom. The van der Waals surface area contributed by atoms with Gasteiger partial charge in [0.05, 0.1) is 9.79 Å². The van der Waals surface area contributed by atoms with Crippen LogP contribution in [0.3, 0.4) is 0 Å². The third-order valence-electron chi connectivity index (χ3n) is 5.70. The monoisotopic (exact) mass is 564 g/mol.